The largest absolute Gasteiger partial charge is 0.481 e. The molecule has 104 valence electrons. The average molecular weight is 292 g/mol. The number of aromatic nitrogens is 2. The van der Waals surface area contributed by atoms with Crippen molar-refractivity contribution in [3.63, 3.8) is 0 Å². The van der Waals surface area contributed by atoms with Crippen LogP contribution < -0.4 is 4.74 Å². The number of carbonyl (C=O) groups is 2. The Morgan fingerprint density at radius 1 is 1.20 bits per heavy atom. The van der Waals surface area contributed by atoms with Crippen molar-refractivity contribution in [2.24, 2.45) is 0 Å². The van der Waals surface area contributed by atoms with Crippen molar-refractivity contribution in [1.29, 1.82) is 0 Å². The summed E-state index contributed by atoms with van der Waals surface area (Å²) in [5.74, 6) is -0.445. The van der Waals surface area contributed by atoms with Gasteiger partial charge in [0.05, 0.1) is 14.2 Å². The fourth-order valence-electron chi connectivity index (χ4n) is 1.55. The minimum atomic E-state index is -0.638. The van der Waals surface area contributed by atoms with Crippen molar-refractivity contribution < 1.29 is 19.1 Å². The van der Waals surface area contributed by atoms with Gasteiger partial charge < -0.3 is 9.47 Å². The van der Waals surface area contributed by atoms with E-state index in [1.165, 1.54) is 21.1 Å². The number of pyridine rings is 1. The second kappa shape index (κ2) is 5.79. The fourth-order valence-corrected chi connectivity index (χ4v) is 2.47. The van der Waals surface area contributed by atoms with Gasteiger partial charge in [-0.1, -0.05) is 6.07 Å². The van der Waals surface area contributed by atoms with Crippen LogP contribution in [0.1, 0.15) is 27.1 Å². The molecule has 0 bridgehead atoms. The lowest BCUT2D eigenvalue weighted by Crippen LogP contribution is -2.06. The predicted octanol–water partition coefficient (Wildman–Crippen LogP) is 2.20. The van der Waals surface area contributed by atoms with Gasteiger partial charge in [-0.3, -0.25) is 4.79 Å². The lowest BCUT2D eigenvalue weighted by Gasteiger charge is -1.99. The molecule has 0 atom stereocenters. The Bertz CT molecular complexity index is 666. The summed E-state index contributed by atoms with van der Waals surface area (Å²) < 4.78 is 9.67. The predicted molar refractivity (Wildman–Crippen MR) is 73.2 cm³/mol. The zero-order chi connectivity index (χ0) is 14.7. The summed E-state index contributed by atoms with van der Waals surface area (Å²) >= 11 is 1.10. The maximum Gasteiger partial charge on any atom is 0.358 e. The Hall–Kier alpha value is -2.28. The van der Waals surface area contributed by atoms with Crippen LogP contribution in [0.3, 0.4) is 0 Å². The van der Waals surface area contributed by atoms with Gasteiger partial charge in [-0.25, -0.2) is 14.8 Å². The van der Waals surface area contributed by atoms with Crippen LogP contribution in [-0.2, 0) is 4.74 Å². The van der Waals surface area contributed by atoms with Crippen molar-refractivity contribution in [1.82, 2.24) is 9.97 Å². The van der Waals surface area contributed by atoms with Crippen LogP contribution in [-0.4, -0.2) is 35.9 Å². The Labute approximate surface area is 119 Å². The molecule has 0 amide bonds. The van der Waals surface area contributed by atoms with Crippen LogP contribution in [0, 0.1) is 0 Å². The molecule has 0 spiro atoms. The van der Waals surface area contributed by atoms with Crippen LogP contribution in [0.2, 0.25) is 0 Å². The highest BCUT2D eigenvalue weighted by Crippen LogP contribution is 2.28. The molecular formula is C13H12N2O4S. The molecule has 0 radical (unpaired) electrons. The normalized spacial score (nSPS) is 10.2. The van der Waals surface area contributed by atoms with Gasteiger partial charge in [-0.15, -0.1) is 11.3 Å². The van der Waals surface area contributed by atoms with E-state index in [4.69, 9.17) is 4.74 Å². The Morgan fingerprint density at radius 2 is 1.95 bits per heavy atom. The molecule has 6 nitrogen and oxygen atoms in total. The van der Waals surface area contributed by atoms with E-state index in [0.29, 0.717) is 16.6 Å². The van der Waals surface area contributed by atoms with Gasteiger partial charge in [-0.05, 0) is 6.07 Å². The number of hydrogen-bond acceptors (Lipinski definition) is 7. The number of thiazole rings is 1. The molecule has 0 unspecified atom stereocenters. The maximum atomic E-state index is 11.6. The van der Waals surface area contributed by atoms with Crippen molar-refractivity contribution in [2.75, 3.05) is 14.2 Å². The minimum Gasteiger partial charge on any atom is -0.481 e. The summed E-state index contributed by atoms with van der Waals surface area (Å²) in [5, 5.41) is 0.467. The highest BCUT2D eigenvalue weighted by molar-refractivity contribution is 7.17. The van der Waals surface area contributed by atoms with E-state index < -0.39 is 5.97 Å². The number of ketones is 1. The second-order valence-corrected chi connectivity index (χ2v) is 4.81. The highest BCUT2D eigenvalue weighted by Gasteiger charge is 2.22. The van der Waals surface area contributed by atoms with Crippen LogP contribution >= 0.6 is 11.3 Å². The van der Waals surface area contributed by atoms with Crippen molar-refractivity contribution in [2.45, 2.75) is 6.92 Å². The number of Topliss-reactive ketones (excluding diaryl/α,β-unsaturated/α-hetero) is 1. The average Bonchev–Trinajstić information content (AvgIpc) is 2.92. The van der Waals surface area contributed by atoms with Crippen molar-refractivity contribution >= 4 is 23.1 Å². The third-order valence-electron chi connectivity index (χ3n) is 2.48. The first-order valence-corrected chi connectivity index (χ1v) is 6.50. The van der Waals surface area contributed by atoms with Gasteiger partial charge in [-0.2, -0.15) is 0 Å². The second-order valence-electron chi connectivity index (χ2n) is 3.81. The first-order chi connectivity index (χ1) is 9.56. The Morgan fingerprint density at radius 3 is 2.55 bits per heavy atom. The van der Waals surface area contributed by atoms with E-state index in [0.717, 1.165) is 11.3 Å². The molecule has 7 heteroatoms. The molecule has 0 aliphatic rings. The van der Waals surface area contributed by atoms with E-state index in [1.807, 2.05) is 0 Å². The zero-order valence-electron chi connectivity index (χ0n) is 11.2. The van der Waals surface area contributed by atoms with Gasteiger partial charge in [0.2, 0.25) is 5.88 Å². The highest BCUT2D eigenvalue weighted by atomic mass is 32.1. The Balaban J connectivity index is 2.52. The summed E-state index contributed by atoms with van der Waals surface area (Å²) in [4.78, 5) is 31.8. The molecule has 0 N–H and O–H groups in total. The molecule has 0 aromatic carbocycles. The number of hydrogen-bond donors (Lipinski definition) is 0. The van der Waals surface area contributed by atoms with Crippen LogP contribution in [0.25, 0.3) is 10.7 Å². The maximum absolute atomic E-state index is 11.6. The smallest absolute Gasteiger partial charge is 0.358 e. The van der Waals surface area contributed by atoms with E-state index in [9.17, 15) is 9.59 Å². The molecule has 0 aliphatic carbocycles. The number of methoxy groups -OCH3 is 2. The van der Waals surface area contributed by atoms with Crippen LogP contribution in [0.5, 0.6) is 5.88 Å². The third-order valence-corrected chi connectivity index (χ3v) is 3.66. The molecule has 2 heterocycles. The monoisotopic (exact) mass is 292 g/mol. The molecule has 2 aromatic rings. The summed E-state index contributed by atoms with van der Waals surface area (Å²) in [6.45, 7) is 1.38. The standard InChI is InChI=1S/C13H12N2O4S/c1-7(16)11-10(13(17)19-3)15-12(20-11)8-5-4-6-9(14-8)18-2/h4-6H,1-3H3. The number of ether oxygens (including phenoxy) is 2. The van der Waals surface area contributed by atoms with E-state index in [2.05, 4.69) is 14.7 Å². The summed E-state index contributed by atoms with van der Waals surface area (Å²) in [5.41, 5.74) is 0.552. The topological polar surface area (TPSA) is 78.4 Å². The lowest BCUT2D eigenvalue weighted by molar-refractivity contribution is 0.0591. The zero-order valence-corrected chi connectivity index (χ0v) is 12.0. The number of esters is 1. The van der Waals surface area contributed by atoms with E-state index >= 15 is 0 Å². The first kappa shape index (κ1) is 14.1. The molecule has 20 heavy (non-hydrogen) atoms. The first-order valence-electron chi connectivity index (χ1n) is 5.68. The SMILES string of the molecule is COC(=O)c1nc(-c2cccc(OC)n2)sc1C(C)=O. The third kappa shape index (κ3) is 2.67. The molecule has 0 aliphatic heterocycles. The summed E-state index contributed by atoms with van der Waals surface area (Å²) in [7, 11) is 2.75. The molecule has 0 saturated heterocycles. The minimum absolute atomic E-state index is 0.0182. The molecule has 2 aromatic heterocycles. The molecular weight excluding hydrogens is 280 g/mol. The summed E-state index contributed by atoms with van der Waals surface area (Å²) in [6, 6.07) is 5.18. The fraction of sp³-hybridized carbons (Fsp3) is 0.231. The number of nitrogens with zero attached hydrogens (tertiary/aromatic N) is 2. The van der Waals surface area contributed by atoms with Gasteiger partial charge in [0.25, 0.3) is 0 Å². The summed E-state index contributed by atoms with van der Waals surface area (Å²) in [6.07, 6.45) is 0. The number of carbonyl (C=O) groups excluding carboxylic acids is 2. The van der Waals surface area contributed by atoms with Crippen LogP contribution in [0.4, 0.5) is 0 Å². The van der Waals surface area contributed by atoms with E-state index in [1.54, 1.807) is 18.2 Å². The van der Waals surface area contributed by atoms with Crippen LogP contribution in [0.15, 0.2) is 18.2 Å². The van der Waals surface area contributed by atoms with E-state index in [-0.39, 0.29) is 16.4 Å². The van der Waals surface area contributed by atoms with Gasteiger partial charge in [0, 0.05) is 13.0 Å². The van der Waals surface area contributed by atoms with Gasteiger partial charge >= 0.3 is 5.97 Å². The lowest BCUT2D eigenvalue weighted by atomic mass is 10.3. The Kier molecular flexibility index (Phi) is 4.09. The number of rotatable bonds is 4. The van der Waals surface area contributed by atoms with Gasteiger partial charge in [0.1, 0.15) is 15.6 Å². The van der Waals surface area contributed by atoms with Crippen molar-refractivity contribution in [3.8, 4) is 16.6 Å². The molecule has 0 saturated carbocycles. The van der Waals surface area contributed by atoms with Gasteiger partial charge in [0.15, 0.2) is 11.5 Å². The quantitative estimate of drug-likeness (QED) is 0.635. The molecule has 0 fully saturated rings. The van der Waals surface area contributed by atoms with Crippen molar-refractivity contribution in [3.05, 3.63) is 28.8 Å². The molecule has 2 rings (SSSR count).